The smallest absolute Gasteiger partial charge is 0.345 e. The van der Waals surface area contributed by atoms with Crippen molar-refractivity contribution in [3.05, 3.63) is 38.7 Å². The van der Waals surface area contributed by atoms with Gasteiger partial charge in [-0.3, -0.25) is 9.36 Å². The van der Waals surface area contributed by atoms with Crippen LogP contribution in [0.3, 0.4) is 0 Å². The number of amides is 1. The lowest BCUT2D eigenvalue weighted by molar-refractivity contribution is -0.136. The normalized spacial score (nSPS) is 16.6. The second kappa shape index (κ2) is 7.94. The van der Waals surface area contributed by atoms with Gasteiger partial charge in [0.25, 0.3) is 0 Å². The Bertz CT molecular complexity index is 768. The molecule has 0 aromatic carbocycles. The Hall–Kier alpha value is -1.97. The van der Waals surface area contributed by atoms with Gasteiger partial charge in [0.15, 0.2) is 5.82 Å². The zero-order chi connectivity index (χ0) is 17.8. The maximum Gasteiger partial charge on any atom is 0.345 e. The first-order chi connectivity index (χ1) is 12.1. The van der Waals surface area contributed by atoms with E-state index < -0.39 is 6.10 Å². The molecule has 2 aromatic rings. The summed E-state index contributed by atoms with van der Waals surface area (Å²) in [5.74, 6) is 0.483. The Balaban J connectivity index is 1.73. The number of thiophene rings is 1. The molecule has 0 saturated heterocycles. The molecule has 1 atom stereocenters. The first-order valence-corrected chi connectivity index (χ1v) is 9.02. The quantitative estimate of drug-likeness (QED) is 0.724. The van der Waals surface area contributed by atoms with Crippen LogP contribution in [0.4, 0.5) is 0 Å². The van der Waals surface area contributed by atoms with Crippen LogP contribution in [0, 0.1) is 0 Å². The summed E-state index contributed by atoms with van der Waals surface area (Å²) in [6.07, 6.45) is -0.338. The van der Waals surface area contributed by atoms with Crippen LogP contribution in [0.5, 0.6) is 0 Å². The molecular weight excluding hydrogens is 344 g/mol. The molecule has 9 heteroatoms. The molecule has 136 valence electrons. The summed E-state index contributed by atoms with van der Waals surface area (Å²) < 4.78 is 13.7. The van der Waals surface area contributed by atoms with E-state index in [4.69, 9.17) is 9.47 Å². The van der Waals surface area contributed by atoms with Crippen molar-refractivity contribution in [2.45, 2.75) is 25.6 Å². The van der Waals surface area contributed by atoms with E-state index in [1.54, 1.807) is 35.0 Å². The highest BCUT2D eigenvalue weighted by molar-refractivity contribution is 7.09. The molecule has 0 aliphatic carbocycles. The van der Waals surface area contributed by atoms with E-state index in [2.05, 4.69) is 5.10 Å². The zero-order valence-corrected chi connectivity index (χ0v) is 15.2. The lowest BCUT2D eigenvalue weighted by Crippen LogP contribution is -2.36. The fraction of sp³-hybridized carbons (Fsp3) is 0.562. The standard InChI is InChI=1S/C16H22N4O4S/c1-18-16(22)20-6-8-24-13(15(20)17-18)10-14(21)19(5-7-23-2)11-12-4-3-9-25-12/h3-4,9,13H,5-8,10-11H2,1-2H3. The number of fused-ring (bicyclic) bond motifs is 1. The van der Waals surface area contributed by atoms with Crippen LogP contribution in [-0.4, -0.2) is 52.0 Å². The van der Waals surface area contributed by atoms with E-state index in [0.717, 1.165) is 4.88 Å². The van der Waals surface area contributed by atoms with E-state index in [9.17, 15) is 9.59 Å². The molecular formula is C16H22N4O4S. The third-order valence-electron chi connectivity index (χ3n) is 4.16. The Morgan fingerprint density at radius 3 is 3.12 bits per heavy atom. The number of methoxy groups -OCH3 is 1. The van der Waals surface area contributed by atoms with Gasteiger partial charge in [-0.1, -0.05) is 6.07 Å². The Kier molecular flexibility index (Phi) is 5.67. The fourth-order valence-corrected chi connectivity index (χ4v) is 3.57. The van der Waals surface area contributed by atoms with Gasteiger partial charge in [0.1, 0.15) is 6.10 Å². The minimum atomic E-state index is -0.497. The maximum atomic E-state index is 12.8. The number of aryl methyl sites for hydroxylation is 1. The monoisotopic (exact) mass is 366 g/mol. The van der Waals surface area contributed by atoms with Gasteiger partial charge in [0.2, 0.25) is 5.91 Å². The molecule has 1 amide bonds. The summed E-state index contributed by atoms with van der Waals surface area (Å²) in [6, 6.07) is 3.97. The third kappa shape index (κ3) is 4.00. The van der Waals surface area contributed by atoms with E-state index in [0.29, 0.717) is 38.7 Å². The summed E-state index contributed by atoms with van der Waals surface area (Å²) in [4.78, 5) is 27.7. The summed E-state index contributed by atoms with van der Waals surface area (Å²) in [7, 11) is 3.22. The van der Waals surface area contributed by atoms with Crippen LogP contribution in [0.25, 0.3) is 0 Å². The van der Waals surface area contributed by atoms with E-state index in [1.165, 1.54) is 4.68 Å². The van der Waals surface area contributed by atoms with Crippen molar-refractivity contribution in [3.8, 4) is 0 Å². The van der Waals surface area contributed by atoms with Gasteiger partial charge >= 0.3 is 5.69 Å². The molecule has 1 aliphatic rings. The molecule has 1 unspecified atom stereocenters. The Morgan fingerprint density at radius 1 is 1.56 bits per heavy atom. The van der Waals surface area contributed by atoms with E-state index in [1.807, 2.05) is 17.5 Å². The number of nitrogens with zero attached hydrogens (tertiary/aromatic N) is 4. The molecule has 3 rings (SSSR count). The van der Waals surface area contributed by atoms with Crippen molar-refractivity contribution in [2.75, 3.05) is 26.9 Å². The first-order valence-electron chi connectivity index (χ1n) is 8.14. The molecule has 0 spiro atoms. The molecule has 0 fully saturated rings. The minimum absolute atomic E-state index is 0.0398. The molecule has 0 radical (unpaired) electrons. The predicted molar refractivity (Wildman–Crippen MR) is 92.4 cm³/mol. The van der Waals surface area contributed by atoms with Crippen LogP contribution in [-0.2, 0) is 34.4 Å². The number of carbonyl (C=O) groups is 1. The van der Waals surface area contributed by atoms with E-state index >= 15 is 0 Å². The molecule has 3 heterocycles. The minimum Gasteiger partial charge on any atom is -0.383 e. The number of ether oxygens (including phenoxy) is 2. The third-order valence-corrected chi connectivity index (χ3v) is 5.02. The lowest BCUT2D eigenvalue weighted by Gasteiger charge is -2.26. The van der Waals surface area contributed by atoms with Crippen LogP contribution >= 0.6 is 11.3 Å². The predicted octanol–water partition coefficient (Wildman–Crippen LogP) is 0.780. The van der Waals surface area contributed by atoms with Crippen molar-refractivity contribution in [1.82, 2.24) is 19.2 Å². The maximum absolute atomic E-state index is 12.8. The average molecular weight is 366 g/mol. The molecule has 1 aliphatic heterocycles. The Labute approximate surface area is 149 Å². The van der Waals surface area contributed by atoms with Crippen LogP contribution in [0.15, 0.2) is 22.3 Å². The van der Waals surface area contributed by atoms with Crippen LogP contribution in [0.2, 0.25) is 0 Å². The van der Waals surface area contributed by atoms with Crippen LogP contribution in [0.1, 0.15) is 23.2 Å². The molecule has 2 aromatic heterocycles. The van der Waals surface area contributed by atoms with Gasteiger partial charge in [-0.2, -0.15) is 5.10 Å². The number of carbonyl (C=O) groups excluding carboxylic acids is 1. The van der Waals surface area contributed by atoms with Gasteiger partial charge in [-0.05, 0) is 11.4 Å². The molecule has 0 N–H and O–H groups in total. The largest absolute Gasteiger partial charge is 0.383 e. The summed E-state index contributed by atoms with van der Waals surface area (Å²) in [5, 5.41) is 6.22. The van der Waals surface area contributed by atoms with Crippen molar-refractivity contribution in [3.63, 3.8) is 0 Å². The van der Waals surface area contributed by atoms with Crippen molar-refractivity contribution in [2.24, 2.45) is 7.05 Å². The molecule has 25 heavy (non-hydrogen) atoms. The summed E-state index contributed by atoms with van der Waals surface area (Å²) in [6.45, 7) is 2.39. The van der Waals surface area contributed by atoms with Crippen molar-refractivity contribution < 1.29 is 14.3 Å². The number of hydrogen-bond acceptors (Lipinski definition) is 6. The summed E-state index contributed by atoms with van der Waals surface area (Å²) in [5.41, 5.74) is -0.175. The average Bonchev–Trinajstić information content (AvgIpc) is 3.21. The summed E-state index contributed by atoms with van der Waals surface area (Å²) >= 11 is 1.61. The van der Waals surface area contributed by atoms with Gasteiger partial charge in [-0.25, -0.2) is 9.48 Å². The highest BCUT2D eigenvalue weighted by atomic mass is 32.1. The van der Waals surface area contributed by atoms with Gasteiger partial charge in [0, 0.05) is 25.6 Å². The number of rotatable bonds is 7. The highest BCUT2D eigenvalue weighted by Gasteiger charge is 2.29. The lowest BCUT2D eigenvalue weighted by atomic mass is 10.2. The molecule has 0 saturated carbocycles. The second-order valence-electron chi connectivity index (χ2n) is 5.87. The SMILES string of the molecule is COCCN(Cc1cccs1)C(=O)CC1OCCn2c1nn(C)c2=O. The fourth-order valence-electron chi connectivity index (χ4n) is 2.85. The van der Waals surface area contributed by atoms with Crippen molar-refractivity contribution in [1.29, 1.82) is 0 Å². The van der Waals surface area contributed by atoms with Crippen LogP contribution < -0.4 is 5.69 Å². The zero-order valence-electron chi connectivity index (χ0n) is 14.4. The Morgan fingerprint density at radius 2 is 2.40 bits per heavy atom. The number of aromatic nitrogens is 3. The number of hydrogen-bond donors (Lipinski definition) is 0. The van der Waals surface area contributed by atoms with E-state index in [-0.39, 0.29) is 18.0 Å². The second-order valence-corrected chi connectivity index (χ2v) is 6.90. The van der Waals surface area contributed by atoms with Gasteiger partial charge in [0.05, 0.1) is 32.7 Å². The van der Waals surface area contributed by atoms with Crippen molar-refractivity contribution >= 4 is 17.2 Å². The first kappa shape index (κ1) is 17.8. The molecule has 0 bridgehead atoms. The van der Waals surface area contributed by atoms with Gasteiger partial charge in [-0.15, -0.1) is 11.3 Å². The highest BCUT2D eigenvalue weighted by Crippen LogP contribution is 2.24. The van der Waals surface area contributed by atoms with Gasteiger partial charge < -0.3 is 14.4 Å². The topological polar surface area (TPSA) is 78.6 Å². The molecule has 8 nitrogen and oxygen atoms in total.